The number of thioether (sulfide) groups is 1. The molecule has 0 bridgehead atoms. The number of hydrogen-bond acceptors (Lipinski definition) is 6. The summed E-state index contributed by atoms with van der Waals surface area (Å²) < 4.78 is 2.24. The molecule has 0 aromatic carbocycles. The molecule has 5 nitrogen and oxygen atoms in total. The highest BCUT2D eigenvalue weighted by molar-refractivity contribution is 7.99. The predicted octanol–water partition coefficient (Wildman–Crippen LogP) is 4.86. The number of carbonyl (C=O) groups is 1. The van der Waals surface area contributed by atoms with Gasteiger partial charge in [-0.05, 0) is 48.6 Å². The third-order valence-electron chi connectivity index (χ3n) is 5.09. The van der Waals surface area contributed by atoms with Gasteiger partial charge >= 0.3 is 0 Å². The maximum absolute atomic E-state index is 12.9. The second kappa shape index (κ2) is 7.41. The van der Waals surface area contributed by atoms with Gasteiger partial charge < -0.3 is 4.90 Å². The first-order valence-corrected chi connectivity index (χ1v) is 12.0. The molecule has 0 radical (unpaired) electrons. The van der Waals surface area contributed by atoms with E-state index in [2.05, 4.69) is 48.6 Å². The molecule has 140 valence electrons. The van der Waals surface area contributed by atoms with Crippen LogP contribution in [0.15, 0.2) is 40.2 Å². The van der Waals surface area contributed by atoms with Gasteiger partial charge in [0.05, 0.1) is 16.7 Å². The van der Waals surface area contributed by atoms with Gasteiger partial charge in [0.2, 0.25) is 5.91 Å². The lowest BCUT2D eigenvalue weighted by atomic mass is 10.2. The summed E-state index contributed by atoms with van der Waals surface area (Å²) in [5.74, 6) is 1.58. The van der Waals surface area contributed by atoms with Crippen LogP contribution in [0.2, 0.25) is 0 Å². The zero-order valence-corrected chi connectivity index (χ0v) is 17.2. The minimum absolute atomic E-state index is 0.207. The summed E-state index contributed by atoms with van der Waals surface area (Å²) in [5.41, 5.74) is 0. The van der Waals surface area contributed by atoms with E-state index in [1.54, 1.807) is 22.7 Å². The second-order valence-electron chi connectivity index (χ2n) is 6.93. The third kappa shape index (κ3) is 3.46. The van der Waals surface area contributed by atoms with E-state index in [9.17, 15) is 4.79 Å². The van der Waals surface area contributed by atoms with Gasteiger partial charge in [-0.15, -0.1) is 32.9 Å². The lowest BCUT2D eigenvalue weighted by Crippen LogP contribution is -2.31. The van der Waals surface area contributed by atoms with Crippen molar-refractivity contribution in [2.24, 2.45) is 0 Å². The number of carbonyl (C=O) groups excluding carboxylic acids is 1. The SMILES string of the molecule is O=C(CSc1nnc(-c2cccs2)n1C1CC1)N1CCCC1c1cccs1. The molecule has 0 spiro atoms. The third-order valence-corrected chi connectivity index (χ3v) is 7.85. The number of nitrogens with zero attached hydrogens (tertiary/aromatic N) is 4. The molecule has 1 aliphatic heterocycles. The van der Waals surface area contributed by atoms with Crippen LogP contribution in [0.25, 0.3) is 10.7 Å². The molecule has 1 atom stereocenters. The van der Waals surface area contributed by atoms with E-state index in [4.69, 9.17) is 0 Å². The zero-order chi connectivity index (χ0) is 18.2. The van der Waals surface area contributed by atoms with Crippen molar-refractivity contribution in [3.8, 4) is 10.7 Å². The fourth-order valence-corrected chi connectivity index (χ4v) is 6.13. The predicted molar refractivity (Wildman–Crippen MR) is 110 cm³/mol. The van der Waals surface area contributed by atoms with Gasteiger partial charge in [-0.1, -0.05) is 23.9 Å². The molecule has 8 heteroatoms. The van der Waals surface area contributed by atoms with E-state index < -0.39 is 0 Å². The second-order valence-corrected chi connectivity index (χ2v) is 9.80. The molecule has 1 saturated carbocycles. The van der Waals surface area contributed by atoms with Crippen LogP contribution < -0.4 is 0 Å². The van der Waals surface area contributed by atoms with Gasteiger partial charge in [-0.2, -0.15) is 0 Å². The van der Waals surface area contributed by atoms with Crippen molar-refractivity contribution in [3.63, 3.8) is 0 Å². The normalized spacial score (nSPS) is 19.7. The van der Waals surface area contributed by atoms with E-state index in [0.717, 1.165) is 35.2 Å². The van der Waals surface area contributed by atoms with E-state index in [1.807, 2.05) is 6.07 Å². The Morgan fingerprint density at radius 2 is 2.00 bits per heavy atom. The maximum Gasteiger partial charge on any atom is 0.233 e. The van der Waals surface area contributed by atoms with Gasteiger partial charge in [-0.25, -0.2) is 0 Å². The summed E-state index contributed by atoms with van der Waals surface area (Å²) in [6.45, 7) is 0.859. The first kappa shape index (κ1) is 17.5. The quantitative estimate of drug-likeness (QED) is 0.539. The van der Waals surface area contributed by atoms with E-state index in [-0.39, 0.29) is 11.9 Å². The molecule has 1 amide bonds. The number of thiophene rings is 2. The Morgan fingerprint density at radius 3 is 2.74 bits per heavy atom. The fourth-order valence-electron chi connectivity index (χ4n) is 3.66. The van der Waals surface area contributed by atoms with E-state index in [1.165, 1.54) is 29.5 Å². The molecular formula is C19H20N4OS3. The largest absolute Gasteiger partial charge is 0.334 e. The Hall–Kier alpha value is -1.64. The number of amides is 1. The van der Waals surface area contributed by atoms with Crippen molar-refractivity contribution in [3.05, 3.63) is 39.9 Å². The Balaban J connectivity index is 1.31. The summed E-state index contributed by atoms with van der Waals surface area (Å²) in [4.78, 5) is 17.4. The Bertz CT molecular complexity index is 915. The van der Waals surface area contributed by atoms with E-state index >= 15 is 0 Å². The molecule has 5 rings (SSSR count). The van der Waals surface area contributed by atoms with Gasteiger partial charge in [0.15, 0.2) is 11.0 Å². The average molecular weight is 417 g/mol. The lowest BCUT2D eigenvalue weighted by Gasteiger charge is -2.23. The van der Waals surface area contributed by atoms with Crippen molar-refractivity contribution in [1.29, 1.82) is 0 Å². The van der Waals surface area contributed by atoms with Crippen LogP contribution in [0, 0.1) is 0 Å². The van der Waals surface area contributed by atoms with Crippen LogP contribution in [0.3, 0.4) is 0 Å². The summed E-state index contributed by atoms with van der Waals surface area (Å²) in [7, 11) is 0. The smallest absolute Gasteiger partial charge is 0.233 e. The van der Waals surface area contributed by atoms with Gasteiger partial charge in [-0.3, -0.25) is 9.36 Å². The molecule has 0 N–H and O–H groups in total. The van der Waals surface area contributed by atoms with Crippen LogP contribution in [0.5, 0.6) is 0 Å². The van der Waals surface area contributed by atoms with Crippen molar-refractivity contribution in [1.82, 2.24) is 19.7 Å². The maximum atomic E-state index is 12.9. The van der Waals surface area contributed by atoms with Crippen molar-refractivity contribution >= 4 is 40.3 Å². The first-order valence-electron chi connectivity index (χ1n) is 9.25. The summed E-state index contributed by atoms with van der Waals surface area (Å²) in [5, 5.41) is 13.9. The molecule has 3 aromatic rings. The molecule has 3 aromatic heterocycles. The molecule has 1 unspecified atom stereocenters. The Kier molecular flexibility index (Phi) is 4.79. The minimum Gasteiger partial charge on any atom is -0.334 e. The highest BCUT2D eigenvalue weighted by atomic mass is 32.2. The highest BCUT2D eigenvalue weighted by Gasteiger charge is 2.33. The highest BCUT2D eigenvalue weighted by Crippen LogP contribution is 2.42. The average Bonchev–Trinajstić information content (AvgIpc) is 3.22. The van der Waals surface area contributed by atoms with Crippen molar-refractivity contribution < 1.29 is 4.79 Å². The summed E-state index contributed by atoms with van der Waals surface area (Å²) in [6.07, 6.45) is 4.49. The van der Waals surface area contributed by atoms with Gasteiger partial charge in [0.1, 0.15) is 0 Å². The first-order chi connectivity index (χ1) is 13.3. The summed E-state index contributed by atoms with van der Waals surface area (Å²) >= 11 is 4.97. The fraction of sp³-hybridized carbons (Fsp3) is 0.421. The minimum atomic E-state index is 0.207. The van der Waals surface area contributed by atoms with Gasteiger partial charge in [0.25, 0.3) is 0 Å². The van der Waals surface area contributed by atoms with Crippen LogP contribution in [0.1, 0.15) is 42.6 Å². The van der Waals surface area contributed by atoms with Crippen molar-refractivity contribution in [2.75, 3.05) is 12.3 Å². The lowest BCUT2D eigenvalue weighted by molar-refractivity contribution is -0.129. The molecule has 4 heterocycles. The molecule has 2 fully saturated rings. The number of aromatic nitrogens is 3. The number of rotatable bonds is 6. The topological polar surface area (TPSA) is 51.0 Å². The Morgan fingerprint density at radius 1 is 1.15 bits per heavy atom. The molecule has 27 heavy (non-hydrogen) atoms. The van der Waals surface area contributed by atoms with Crippen LogP contribution in [-0.4, -0.2) is 37.9 Å². The van der Waals surface area contributed by atoms with Gasteiger partial charge in [0, 0.05) is 17.5 Å². The zero-order valence-electron chi connectivity index (χ0n) is 14.8. The molecule has 2 aliphatic rings. The molecular weight excluding hydrogens is 396 g/mol. The number of hydrogen-bond donors (Lipinski definition) is 0. The monoisotopic (exact) mass is 416 g/mol. The van der Waals surface area contributed by atoms with Crippen molar-refractivity contribution in [2.45, 2.75) is 42.9 Å². The molecule has 1 aliphatic carbocycles. The Labute approximate surface area is 170 Å². The van der Waals surface area contributed by atoms with Crippen LogP contribution in [-0.2, 0) is 4.79 Å². The van der Waals surface area contributed by atoms with Crippen LogP contribution >= 0.6 is 34.4 Å². The van der Waals surface area contributed by atoms with E-state index in [0.29, 0.717) is 11.8 Å². The molecule has 1 saturated heterocycles. The van der Waals surface area contributed by atoms with Crippen LogP contribution in [0.4, 0.5) is 0 Å². The standard InChI is InChI=1S/C19H20N4OS3/c24-17(22-9-1-4-14(22)15-5-2-10-25-15)12-27-19-21-20-18(16-6-3-11-26-16)23(19)13-7-8-13/h2-3,5-6,10-11,13-14H,1,4,7-9,12H2. The summed E-state index contributed by atoms with van der Waals surface area (Å²) in [6, 6.07) is 9.08. The number of likely N-dealkylation sites (tertiary alicyclic amines) is 1.